The van der Waals surface area contributed by atoms with Crippen molar-refractivity contribution in [2.24, 2.45) is 0 Å². The number of aromatic nitrogens is 2. The van der Waals surface area contributed by atoms with Crippen molar-refractivity contribution in [1.82, 2.24) is 9.97 Å². The van der Waals surface area contributed by atoms with Crippen molar-refractivity contribution in [3.63, 3.8) is 0 Å². The molecule has 2 N–H and O–H groups in total. The fourth-order valence-electron chi connectivity index (χ4n) is 2.12. The third-order valence-corrected chi connectivity index (χ3v) is 3.33. The maximum atomic E-state index is 13.1. The molecule has 4 nitrogen and oxygen atoms in total. The Morgan fingerprint density at radius 1 is 1.25 bits per heavy atom. The van der Waals surface area contributed by atoms with Crippen LogP contribution in [0.4, 0.5) is 32.0 Å². The first-order valence-electron chi connectivity index (χ1n) is 6.33. The SMILES string of the molecule is [C-]#[N+]c1cc2nc(C(O)(CC=C)C(F)(F)F)[nH]c2cc1C(F)(F)F. The van der Waals surface area contributed by atoms with Gasteiger partial charge in [-0.2, -0.15) is 26.3 Å². The van der Waals surface area contributed by atoms with E-state index >= 15 is 0 Å². The summed E-state index contributed by atoms with van der Waals surface area (Å²) in [5, 5.41) is 9.90. The van der Waals surface area contributed by atoms with E-state index in [0.29, 0.717) is 6.07 Å². The molecule has 0 bridgehead atoms. The number of nitrogens with one attached hydrogen (secondary N) is 1. The summed E-state index contributed by atoms with van der Waals surface area (Å²) in [6.07, 6.45) is -10.1. The zero-order valence-electron chi connectivity index (χ0n) is 11.8. The van der Waals surface area contributed by atoms with Gasteiger partial charge in [0.2, 0.25) is 11.3 Å². The average molecular weight is 349 g/mol. The lowest BCUT2D eigenvalue weighted by Gasteiger charge is -2.27. The zero-order valence-corrected chi connectivity index (χ0v) is 11.8. The van der Waals surface area contributed by atoms with E-state index in [1.807, 2.05) is 0 Å². The zero-order chi connectivity index (χ0) is 18.3. The largest absolute Gasteiger partial charge is 0.424 e. The summed E-state index contributed by atoms with van der Waals surface area (Å²) >= 11 is 0. The molecule has 0 amide bonds. The molecule has 1 atom stereocenters. The molecule has 1 heterocycles. The van der Waals surface area contributed by atoms with E-state index in [1.165, 1.54) is 0 Å². The molecule has 1 aromatic carbocycles. The Kier molecular flexibility index (Phi) is 4.10. The molecule has 0 spiro atoms. The minimum absolute atomic E-state index is 0.296. The molecule has 0 radical (unpaired) electrons. The Balaban J connectivity index is 2.72. The van der Waals surface area contributed by atoms with Crippen LogP contribution in [0.5, 0.6) is 0 Å². The summed E-state index contributed by atoms with van der Waals surface area (Å²) in [6, 6.07) is 1.21. The molecular formula is C14H9F6N3O. The second-order valence-corrected chi connectivity index (χ2v) is 4.93. The van der Waals surface area contributed by atoms with Crippen LogP contribution >= 0.6 is 0 Å². The number of aliphatic hydroxyl groups is 1. The van der Waals surface area contributed by atoms with E-state index in [-0.39, 0.29) is 11.0 Å². The lowest BCUT2D eigenvalue weighted by Crippen LogP contribution is -2.42. The van der Waals surface area contributed by atoms with E-state index in [2.05, 4.69) is 21.4 Å². The van der Waals surface area contributed by atoms with Crippen LogP contribution in [-0.4, -0.2) is 21.3 Å². The third kappa shape index (κ3) is 2.82. The molecule has 0 aliphatic carbocycles. The standard InChI is InChI=1S/C14H9F6N3O/c1-3-4-12(24,14(18,19)20)11-22-9-5-7(13(15,16)17)8(21-2)6-10(9)23-11/h3,5-6,24H,1,4H2,(H,22,23). The Bertz CT molecular complexity index is 830. The summed E-state index contributed by atoms with van der Waals surface area (Å²) in [5.74, 6) is -0.972. The number of halogens is 6. The molecule has 0 aliphatic rings. The molecule has 1 aromatic heterocycles. The highest BCUT2D eigenvalue weighted by molar-refractivity contribution is 5.82. The number of rotatable bonds is 3. The first kappa shape index (κ1) is 17.8. The van der Waals surface area contributed by atoms with Gasteiger partial charge in [-0.25, -0.2) is 9.83 Å². The van der Waals surface area contributed by atoms with Gasteiger partial charge in [-0.05, 0) is 12.1 Å². The molecule has 0 fully saturated rings. The molecule has 24 heavy (non-hydrogen) atoms. The molecule has 2 rings (SSSR count). The molecular weight excluding hydrogens is 340 g/mol. The Morgan fingerprint density at radius 2 is 1.88 bits per heavy atom. The quantitative estimate of drug-likeness (QED) is 0.488. The maximum Gasteiger partial charge on any atom is 0.424 e. The van der Waals surface area contributed by atoms with Crippen molar-refractivity contribution >= 4 is 16.7 Å². The van der Waals surface area contributed by atoms with Crippen LogP contribution in [-0.2, 0) is 11.8 Å². The van der Waals surface area contributed by atoms with E-state index < -0.39 is 41.4 Å². The van der Waals surface area contributed by atoms with Crippen molar-refractivity contribution in [1.29, 1.82) is 0 Å². The molecule has 128 valence electrons. The summed E-state index contributed by atoms with van der Waals surface area (Å²) < 4.78 is 78.1. The number of aromatic amines is 1. The third-order valence-electron chi connectivity index (χ3n) is 3.33. The van der Waals surface area contributed by atoms with E-state index in [4.69, 9.17) is 6.57 Å². The van der Waals surface area contributed by atoms with Crippen LogP contribution in [0.1, 0.15) is 17.8 Å². The fourth-order valence-corrected chi connectivity index (χ4v) is 2.12. The van der Waals surface area contributed by atoms with Crippen molar-refractivity contribution in [2.45, 2.75) is 24.4 Å². The lowest BCUT2D eigenvalue weighted by molar-refractivity contribution is -0.268. The minimum Gasteiger partial charge on any atom is -0.374 e. The summed E-state index contributed by atoms with van der Waals surface area (Å²) in [6.45, 7) is 9.90. The molecule has 10 heteroatoms. The first-order chi connectivity index (χ1) is 10.9. The van der Waals surface area contributed by atoms with E-state index in [1.54, 1.807) is 0 Å². The fraction of sp³-hybridized carbons (Fsp3) is 0.286. The van der Waals surface area contributed by atoms with Crippen LogP contribution in [0.2, 0.25) is 0 Å². The maximum absolute atomic E-state index is 13.1. The molecule has 0 saturated heterocycles. The first-order valence-corrected chi connectivity index (χ1v) is 6.33. The number of H-pyrrole nitrogens is 1. The van der Waals surface area contributed by atoms with Crippen LogP contribution in [0, 0.1) is 6.57 Å². The van der Waals surface area contributed by atoms with Gasteiger partial charge in [0.25, 0.3) is 0 Å². The second kappa shape index (κ2) is 5.52. The van der Waals surface area contributed by atoms with E-state index in [0.717, 1.165) is 12.1 Å². The predicted octanol–water partition coefficient (Wildman–Crippen LogP) is 4.46. The smallest absolute Gasteiger partial charge is 0.374 e. The molecule has 0 saturated carbocycles. The number of nitrogens with zero attached hydrogens (tertiary/aromatic N) is 2. The van der Waals surface area contributed by atoms with Crippen LogP contribution < -0.4 is 0 Å². The number of benzene rings is 1. The van der Waals surface area contributed by atoms with Gasteiger partial charge in [0.15, 0.2) is 0 Å². The number of fused-ring (bicyclic) bond motifs is 1. The van der Waals surface area contributed by atoms with Gasteiger partial charge < -0.3 is 10.1 Å². The second-order valence-electron chi connectivity index (χ2n) is 4.93. The van der Waals surface area contributed by atoms with Gasteiger partial charge in [0, 0.05) is 6.42 Å². The average Bonchev–Trinajstić information content (AvgIpc) is 2.87. The van der Waals surface area contributed by atoms with Gasteiger partial charge >= 0.3 is 12.4 Å². The van der Waals surface area contributed by atoms with Crippen LogP contribution in [0.3, 0.4) is 0 Å². The topological polar surface area (TPSA) is 53.3 Å². The summed E-state index contributed by atoms with van der Waals surface area (Å²) in [7, 11) is 0. The predicted molar refractivity (Wildman–Crippen MR) is 72.1 cm³/mol. The summed E-state index contributed by atoms with van der Waals surface area (Å²) in [4.78, 5) is 8.30. The summed E-state index contributed by atoms with van der Waals surface area (Å²) in [5.41, 5.74) is -6.20. The number of alkyl halides is 6. The highest BCUT2D eigenvalue weighted by Gasteiger charge is 2.56. The Labute approximate surface area is 131 Å². The van der Waals surface area contributed by atoms with Crippen LogP contribution in [0.15, 0.2) is 24.8 Å². The lowest BCUT2D eigenvalue weighted by atomic mass is 9.98. The van der Waals surface area contributed by atoms with Gasteiger partial charge in [-0.15, -0.1) is 6.58 Å². The van der Waals surface area contributed by atoms with Gasteiger partial charge in [-0.1, -0.05) is 6.08 Å². The van der Waals surface area contributed by atoms with Crippen molar-refractivity contribution in [3.05, 3.63) is 47.6 Å². The van der Waals surface area contributed by atoms with Crippen molar-refractivity contribution in [2.75, 3.05) is 0 Å². The molecule has 1 unspecified atom stereocenters. The number of hydrogen-bond acceptors (Lipinski definition) is 2. The van der Waals surface area contributed by atoms with Gasteiger partial charge in [0.05, 0.1) is 23.2 Å². The molecule has 0 aliphatic heterocycles. The Morgan fingerprint density at radius 3 is 2.33 bits per heavy atom. The normalized spacial score (nSPS) is 15.1. The van der Waals surface area contributed by atoms with Gasteiger partial charge in [-0.3, -0.25) is 0 Å². The number of hydrogen-bond donors (Lipinski definition) is 2. The van der Waals surface area contributed by atoms with E-state index in [9.17, 15) is 31.4 Å². The Hall–Kier alpha value is -2.54. The van der Waals surface area contributed by atoms with Crippen molar-refractivity contribution < 1.29 is 31.4 Å². The van der Waals surface area contributed by atoms with Crippen LogP contribution in [0.25, 0.3) is 15.9 Å². The highest BCUT2D eigenvalue weighted by atomic mass is 19.4. The molecule has 2 aromatic rings. The monoisotopic (exact) mass is 349 g/mol. The minimum atomic E-state index is -5.13. The van der Waals surface area contributed by atoms with Crippen molar-refractivity contribution in [3.8, 4) is 0 Å². The highest BCUT2D eigenvalue weighted by Crippen LogP contribution is 2.43. The van der Waals surface area contributed by atoms with Gasteiger partial charge in [0.1, 0.15) is 5.82 Å². The number of imidazole rings is 1.